The maximum Gasteiger partial charge on any atom is 0.317 e. The fourth-order valence-corrected chi connectivity index (χ4v) is 2.85. The Bertz CT molecular complexity index is 246. The molecule has 3 nitrogen and oxygen atoms in total. The lowest BCUT2D eigenvalue weighted by Crippen LogP contribution is -2.43. The number of carbonyl (C=O) groups excluding carboxylic acids is 1. The monoisotopic (exact) mass is 224 g/mol. The Morgan fingerprint density at radius 1 is 1.25 bits per heavy atom. The molecule has 3 heteroatoms. The van der Waals surface area contributed by atoms with Crippen LogP contribution in [-0.4, -0.2) is 30.1 Å². The largest absolute Gasteiger partial charge is 0.335 e. The molecule has 0 bridgehead atoms. The zero-order chi connectivity index (χ0) is 11.5. The summed E-state index contributed by atoms with van der Waals surface area (Å²) in [5.74, 6) is 1.40. The minimum absolute atomic E-state index is 0.176. The summed E-state index contributed by atoms with van der Waals surface area (Å²) in [5, 5.41) is 3.17. The summed E-state index contributed by atoms with van der Waals surface area (Å²) in [7, 11) is 0. The van der Waals surface area contributed by atoms with Gasteiger partial charge in [0.25, 0.3) is 0 Å². The van der Waals surface area contributed by atoms with Crippen molar-refractivity contribution in [2.75, 3.05) is 13.1 Å². The van der Waals surface area contributed by atoms with Crippen molar-refractivity contribution in [3.05, 3.63) is 0 Å². The van der Waals surface area contributed by atoms with Crippen LogP contribution in [0, 0.1) is 11.8 Å². The third-order valence-corrected chi connectivity index (χ3v) is 4.14. The lowest BCUT2D eigenvalue weighted by molar-refractivity contribution is 0.201. The van der Waals surface area contributed by atoms with Crippen molar-refractivity contribution in [3.8, 4) is 0 Å². The lowest BCUT2D eigenvalue weighted by atomic mass is 9.95. The van der Waals surface area contributed by atoms with Crippen LogP contribution in [0.1, 0.15) is 46.0 Å². The standard InChI is InChI=1S/C13H24N2O/c1-10(2)11-7-8-15(9-11)13(16)14-12-5-3-4-6-12/h10-12H,3-9H2,1-2H3,(H,14,16). The lowest BCUT2D eigenvalue weighted by Gasteiger charge is -2.21. The van der Waals surface area contributed by atoms with Crippen LogP contribution >= 0.6 is 0 Å². The van der Waals surface area contributed by atoms with Gasteiger partial charge in [-0.3, -0.25) is 0 Å². The summed E-state index contributed by atoms with van der Waals surface area (Å²) in [6.07, 6.45) is 6.08. The van der Waals surface area contributed by atoms with Crippen molar-refractivity contribution in [1.82, 2.24) is 10.2 Å². The first kappa shape index (κ1) is 11.7. The van der Waals surface area contributed by atoms with Crippen molar-refractivity contribution < 1.29 is 4.79 Å². The molecule has 2 rings (SSSR count). The Morgan fingerprint density at radius 3 is 2.50 bits per heavy atom. The quantitative estimate of drug-likeness (QED) is 0.768. The van der Waals surface area contributed by atoms with Gasteiger partial charge in [-0.05, 0) is 31.1 Å². The SMILES string of the molecule is CC(C)C1CCN(C(=O)NC2CCCC2)C1. The zero-order valence-electron chi connectivity index (χ0n) is 10.5. The van der Waals surface area contributed by atoms with Gasteiger partial charge in [-0.25, -0.2) is 4.79 Å². The molecule has 92 valence electrons. The van der Waals surface area contributed by atoms with E-state index in [9.17, 15) is 4.79 Å². The van der Waals surface area contributed by atoms with Crippen LogP contribution in [-0.2, 0) is 0 Å². The van der Waals surface area contributed by atoms with Crippen molar-refractivity contribution in [2.24, 2.45) is 11.8 Å². The highest BCUT2D eigenvalue weighted by molar-refractivity contribution is 5.74. The minimum atomic E-state index is 0.176. The van der Waals surface area contributed by atoms with Crippen molar-refractivity contribution >= 4 is 6.03 Å². The van der Waals surface area contributed by atoms with Crippen LogP contribution in [0.25, 0.3) is 0 Å². The summed E-state index contributed by atoms with van der Waals surface area (Å²) in [5.41, 5.74) is 0. The smallest absolute Gasteiger partial charge is 0.317 e. The molecule has 0 aromatic heterocycles. The number of amides is 2. The van der Waals surface area contributed by atoms with Crippen molar-refractivity contribution in [1.29, 1.82) is 0 Å². The van der Waals surface area contributed by atoms with Gasteiger partial charge in [-0.2, -0.15) is 0 Å². The highest BCUT2D eigenvalue weighted by Gasteiger charge is 2.29. The third-order valence-electron chi connectivity index (χ3n) is 4.14. The average molecular weight is 224 g/mol. The molecule has 1 heterocycles. The number of nitrogens with zero attached hydrogens (tertiary/aromatic N) is 1. The van der Waals surface area contributed by atoms with E-state index in [0.29, 0.717) is 17.9 Å². The van der Waals surface area contributed by atoms with Crippen molar-refractivity contribution in [3.63, 3.8) is 0 Å². The maximum absolute atomic E-state index is 12.0. The topological polar surface area (TPSA) is 32.3 Å². The Hall–Kier alpha value is -0.730. The summed E-state index contributed by atoms with van der Waals surface area (Å²) in [6, 6.07) is 0.626. The first-order valence-electron chi connectivity index (χ1n) is 6.72. The van der Waals surface area contributed by atoms with Gasteiger partial charge in [0.1, 0.15) is 0 Å². The van der Waals surface area contributed by atoms with Crippen LogP contribution in [0.2, 0.25) is 0 Å². The van der Waals surface area contributed by atoms with Gasteiger partial charge in [0.15, 0.2) is 0 Å². The van der Waals surface area contributed by atoms with Crippen LogP contribution in [0.3, 0.4) is 0 Å². The summed E-state index contributed by atoms with van der Waals surface area (Å²) in [4.78, 5) is 14.0. The predicted octanol–water partition coefficient (Wildman–Crippen LogP) is 2.62. The summed E-state index contributed by atoms with van der Waals surface area (Å²) >= 11 is 0. The number of rotatable bonds is 2. The fourth-order valence-electron chi connectivity index (χ4n) is 2.85. The van der Waals surface area contributed by atoms with Crippen LogP contribution in [0.5, 0.6) is 0 Å². The molecular formula is C13H24N2O. The number of hydrogen-bond acceptors (Lipinski definition) is 1. The molecule has 16 heavy (non-hydrogen) atoms. The van der Waals surface area contributed by atoms with Gasteiger partial charge in [-0.15, -0.1) is 0 Å². The van der Waals surface area contributed by atoms with E-state index in [2.05, 4.69) is 19.2 Å². The van der Waals surface area contributed by atoms with E-state index < -0.39 is 0 Å². The fraction of sp³-hybridized carbons (Fsp3) is 0.923. The zero-order valence-corrected chi connectivity index (χ0v) is 10.5. The Morgan fingerprint density at radius 2 is 1.94 bits per heavy atom. The molecule has 2 amide bonds. The maximum atomic E-state index is 12.0. The normalized spacial score (nSPS) is 26.7. The van der Waals surface area contributed by atoms with Crippen LogP contribution in [0.4, 0.5) is 4.79 Å². The molecule has 1 N–H and O–H groups in total. The highest BCUT2D eigenvalue weighted by atomic mass is 16.2. The third kappa shape index (κ3) is 2.69. The van der Waals surface area contributed by atoms with E-state index in [4.69, 9.17) is 0 Å². The van der Waals surface area contributed by atoms with Gasteiger partial charge in [0.05, 0.1) is 0 Å². The Kier molecular flexibility index (Phi) is 3.72. The van der Waals surface area contributed by atoms with E-state index in [1.165, 1.54) is 32.1 Å². The number of urea groups is 1. The molecular weight excluding hydrogens is 200 g/mol. The number of nitrogens with one attached hydrogen (secondary N) is 1. The van der Waals surface area contributed by atoms with Gasteiger partial charge >= 0.3 is 6.03 Å². The van der Waals surface area contributed by atoms with E-state index in [1.54, 1.807) is 0 Å². The second-order valence-electron chi connectivity index (χ2n) is 5.67. The molecule has 1 unspecified atom stereocenters. The molecule has 2 fully saturated rings. The molecule has 1 atom stereocenters. The van der Waals surface area contributed by atoms with E-state index in [1.807, 2.05) is 4.90 Å². The summed E-state index contributed by atoms with van der Waals surface area (Å²) < 4.78 is 0. The minimum Gasteiger partial charge on any atom is -0.335 e. The number of carbonyl (C=O) groups is 1. The molecule has 1 aliphatic carbocycles. The van der Waals surface area contributed by atoms with Gasteiger partial charge < -0.3 is 10.2 Å². The predicted molar refractivity (Wildman–Crippen MR) is 65.3 cm³/mol. The number of likely N-dealkylation sites (tertiary alicyclic amines) is 1. The molecule has 0 aromatic rings. The van der Waals surface area contributed by atoms with E-state index in [-0.39, 0.29) is 6.03 Å². The van der Waals surface area contributed by atoms with Crippen LogP contribution < -0.4 is 5.32 Å². The number of hydrogen-bond donors (Lipinski definition) is 1. The first-order valence-corrected chi connectivity index (χ1v) is 6.72. The van der Waals surface area contributed by atoms with Gasteiger partial charge in [-0.1, -0.05) is 26.7 Å². The highest BCUT2D eigenvalue weighted by Crippen LogP contribution is 2.24. The molecule has 1 saturated carbocycles. The molecule has 0 aromatic carbocycles. The second kappa shape index (κ2) is 5.07. The van der Waals surface area contributed by atoms with E-state index >= 15 is 0 Å². The first-order chi connectivity index (χ1) is 7.66. The van der Waals surface area contributed by atoms with Crippen molar-refractivity contribution in [2.45, 2.75) is 52.0 Å². The molecule has 0 radical (unpaired) electrons. The van der Waals surface area contributed by atoms with Gasteiger partial charge in [0.2, 0.25) is 0 Å². The van der Waals surface area contributed by atoms with Crippen LogP contribution in [0.15, 0.2) is 0 Å². The molecule has 1 aliphatic heterocycles. The average Bonchev–Trinajstić information content (AvgIpc) is 2.86. The summed E-state index contributed by atoms with van der Waals surface area (Å²) in [6.45, 7) is 6.41. The Labute approximate surface area is 98.6 Å². The molecule has 2 aliphatic rings. The van der Waals surface area contributed by atoms with Gasteiger partial charge in [0, 0.05) is 19.1 Å². The molecule has 1 saturated heterocycles. The second-order valence-corrected chi connectivity index (χ2v) is 5.67. The van der Waals surface area contributed by atoms with E-state index in [0.717, 1.165) is 13.1 Å². The Balaban J connectivity index is 1.77. The molecule has 0 spiro atoms.